The van der Waals surface area contributed by atoms with Crippen LogP contribution in [0.5, 0.6) is 0 Å². The lowest BCUT2D eigenvalue weighted by atomic mass is 9.90. The summed E-state index contributed by atoms with van der Waals surface area (Å²) in [4.78, 5) is 0. The standard InChI is InChI=1S/C28H24Cl3N/c1-2-6-18-9-11-26(30)23(14-18)22-17-27(31)24(25-16-21(29)10-12-28(25)32)15-20(22)13-19-7-4-3-5-8-19/h3-5,7-12,14-17H,2,6,13,32H2,1H3. The Morgan fingerprint density at radius 3 is 2.16 bits per heavy atom. The van der Waals surface area contributed by atoms with E-state index < -0.39 is 0 Å². The lowest BCUT2D eigenvalue weighted by Gasteiger charge is -2.17. The highest BCUT2D eigenvalue weighted by atomic mass is 35.5. The minimum atomic E-state index is 0.614. The van der Waals surface area contributed by atoms with E-state index in [1.165, 1.54) is 11.1 Å². The second-order valence-corrected chi connectivity index (χ2v) is 9.20. The van der Waals surface area contributed by atoms with Gasteiger partial charge in [-0.25, -0.2) is 0 Å². The highest BCUT2D eigenvalue weighted by Gasteiger charge is 2.17. The average molecular weight is 481 g/mol. The van der Waals surface area contributed by atoms with Crippen molar-refractivity contribution in [2.24, 2.45) is 0 Å². The molecule has 4 aromatic rings. The third-order valence-corrected chi connectivity index (χ3v) is 6.47. The molecule has 0 heterocycles. The van der Waals surface area contributed by atoms with Crippen molar-refractivity contribution >= 4 is 40.5 Å². The van der Waals surface area contributed by atoms with Crippen molar-refractivity contribution < 1.29 is 0 Å². The van der Waals surface area contributed by atoms with Gasteiger partial charge >= 0.3 is 0 Å². The van der Waals surface area contributed by atoms with E-state index in [1.54, 1.807) is 6.07 Å². The van der Waals surface area contributed by atoms with Crippen LogP contribution >= 0.6 is 34.8 Å². The van der Waals surface area contributed by atoms with E-state index in [0.29, 0.717) is 20.8 Å². The Morgan fingerprint density at radius 1 is 0.656 bits per heavy atom. The zero-order valence-electron chi connectivity index (χ0n) is 17.8. The van der Waals surface area contributed by atoms with Crippen LogP contribution in [0.1, 0.15) is 30.0 Å². The van der Waals surface area contributed by atoms with E-state index in [4.69, 9.17) is 40.5 Å². The zero-order chi connectivity index (χ0) is 22.7. The molecule has 0 aliphatic carbocycles. The number of nitrogen functional groups attached to an aromatic ring is 1. The first kappa shape index (κ1) is 22.7. The molecule has 4 aromatic carbocycles. The number of hydrogen-bond acceptors (Lipinski definition) is 1. The minimum absolute atomic E-state index is 0.614. The second-order valence-electron chi connectivity index (χ2n) is 7.95. The van der Waals surface area contributed by atoms with Crippen LogP contribution in [0.2, 0.25) is 15.1 Å². The SMILES string of the molecule is CCCc1ccc(Cl)c(-c2cc(Cl)c(-c3cc(Cl)ccc3N)cc2Cc2ccccc2)c1. The summed E-state index contributed by atoms with van der Waals surface area (Å²) in [5.41, 5.74) is 14.2. The normalized spacial score (nSPS) is 11.0. The third-order valence-electron chi connectivity index (χ3n) is 5.60. The number of aryl methyl sites for hydroxylation is 1. The maximum atomic E-state index is 6.82. The predicted molar refractivity (Wildman–Crippen MR) is 140 cm³/mol. The van der Waals surface area contributed by atoms with Crippen molar-refractivity contribution in [2.75, 3.05) is 5.73 Å². The van der Waals surface area contributed by atoms with Gasteiger partial charge in [-0.2, -0.15) is 0 Å². The fraction of sp³-hybridized carbons (Fsp3) is 0.143. The van der Waals surface area contributed by atoms with Crippen LogP contribution in [-0.2, 0) is 12.8 Å². The molecule has 0 unspecified atom stereocenters. The molecule has 162 valence electrons. The van der Waals surface area contributed by atoms with Crippen LogP contribution in [0.3, 0.4) is 0 Å². The number of benzene rings is 4. The highest BCUT2D eigenvalue weighted by molar-refractivity contribution is 6.35. The van der Waals surface area contributed by atoms with Crippen LogP contribution in [0.15, 0.2) is 78.9 Å². The summed E-state index contributed by atoms with van der Waals surface area (Å²) in [5.74, 6) is 0. The summed E-state index contributed by atoms with van der Waals surface area (Å²) in [6, 6.07) is 26.2. The summed E-state index contributed by atoms with van der Waals surface area (Å²) in [7, 11) is 0. The Bertz CT molecular complexity index is 1250. The molecule has 0 aromatic heterocycles. The monoisotopic (exact) mass is 479 g/mol. The number of rotatable bonds is 6. The molecule has 4 rings (SSSR count). The molecule has 0 radical (unpaired) electrons. The Kier molecular flexibility index (Phi) is 7.10. The topological polar surface area (TPSA) is 26.0 Å². The van der Waals surface area contributed by atoms with Gasteiger partial charge in [-0.05, 0) is 77.6 Å². The fourth-order valence-electron chi connectivity index (χ4n) is 4.02. The predicted octanol–water partition coefficient (Wildman–Crippen LogP) is 9.11. The van der Waals surface area contributed by atoms with Crippen LogP contribution < -0.4 is 5.73 Å². The van der Waals surface area contributed by atoms with Gasteiger partial charge in [0.05, 0.1) is 0 Å². The van der Waals surface area contributed by atoms with Crippen molar-refractivity contribution in [3.63, 3.8) is 0 Å². The van der Waals surface area contributed by atoms with Gasteiger partial charge in [0.15, 0.2) is 0 Å². The Hall–Kier alpha value is -2.45. The van der Waals surface area contributed by atoms with E-state index >= 15 is 0 Å². The molecule has 2 N–H and O–H groups in total. The van der Waals surface area contributed by atoms with Gasteiger partial charge in [0, 0.05) is 37.4 Å². The first-order valence-corrected chi connectivity index (χ1v) is 11.8. The first-order chi connectivity index (χ1) is 15.5. The van der Waals surface area contributed by atoms with E-state index in [9.17, 15) is 0 Å². The molecule has 0 saturated heterocycles. The van der Waals surface area contributed by atoms with E-state index in [0.717, 1.165) is 47.1 Å². The van der Waals surface area contributed by atoms with Gasteiger partial charge in [-0.1, -0.05) is 84.5 Å². The molecular formula is C28H24Cl3N. The lowest BCUT2D eigenvalue weighted by Crippen LogP contribution is -1.98. The second kappa shape index (κ2) is 10.0. The molecule has 0 bridgehead atoms. The molecule has 0 amide bonds. The summed E-state index contributed by atoms with van der Waals surface area (Å²) in [6.45, 7) is 2.18. The molecule has 4 heteroatoms. The Labute approximate surface area is 204 Å². The molecule has 0 fully saturated rings. The average Bonchev–Trinajstić information content (AvgIpc) is 2.79. The molecule has 1 nitrogen and oxygen atoms in total. The van der Waals surface area contributed by atoms with E-state index in [-0.39, 0.29) is 0 Å². The van der Waals surface area contributed by atoms with Crippen molar-refractivity contribution in [1.82, 2.24) is 0 Å². The first-order valence-electron chi connectivity index (χ1n) is 10.7. The van der Waals surface area contributed by atoms with Gasteiger partial charge in [0.1, 0.15) is 0 Å². The Morgan fingerprint density at radius 2 is 1.41 bits per heavy atom. The molecule has 0 aliphatic rings. The number of anilines is 1. The Balaban J connectivity index is 1.93. The maximum absolute atomic E-state index is 6.82. The van der Waals surface area contributed by atoms with Gasteiger partial charge in [0.2, 0.25) is 0 Å². The largest absolute Gasteiger partial charge is 0.398 e. The molecule has 0 spiro atoms. The molecule has 0 atom stereocenters. The lowest BCUT2D eigenvalue weighted by molar-refractivity contribution is 0.922. The van der Waals surface area contributed by atoms with Crippen LogP contribution in [-0.4, -0.2) is 0 Å². The number of hydrogen-bond donors (Lipinski definition) is 1. The van der Waals surface area contributed by atoms with Crippen LogP contribution in [0.25, 0.3) is 22.3 Å². The summed E-state index contributed by atoms with van der Waals surface area (Å²) < 4.78 is 0. The van der Waals surface area contributed by atoms with Crippen molar-refractivity contribution in [1.29, 1.82) is 0 Å². The van der Waals surface area contributed by atoms with Crippen molar-refractivity contribution in [3.05, 3.63) is 111 Å². The fourth-order valence-corrected chi connectivity index (χ4v) is 4.68. The quantitative estimate of drug-likeness (QED) is 0.273. The molecule has 32 heavy (non-hydrogen) atoms. The van der Waals surface area contributed by atoms with Crippen LogP contribution in [0.4, 0.5) is 5.69 Å². The smallest absolute Gasteiger partial charge is 0.0491 e. The molecule has 0 saturated carbocycles. The van der Waals surface area contributed by atoms with E-state index in [1.807, 2.05) is 30.3 Å². The molecule has 0 aliphatic heterocycles. The van der Waals surface area contributed by atoms with Gasteiger partial charge in [-0.15, -0.1) is 0 Å². The van der Waals surface area contributed by atoms with Gasteiger partial charge in [-0.3, -0.25) is 0 Å². The maximum Gasteiger partial charge on any atom is 0.0491 e. The highest BCUT2D eigenvalue weighted by Crippen LogP contribution is 2.41. The summed E-state index contributed by atoms with van der Waals surface area (Å²) in [5, 5.41) is 1.95. The number of halogens is 3. The minimum Gasteiger partial charge on any atom is -0.398 e. The summed E-state index contributed by atoms with van der Waals surface area (Å²) in [6.07, 6.45) is 2.82. The van der Waals surface area contributed by atoms with E-state index in [2.05, 4.69) is 49.4 Å². The van der Waals surface area contributed by atoms with Crippen molar-refractivity contribution in [3.8, 4) is 22.3 Å². The number of nitrogens with two attached hydrogens (primary N) is 1. The summed E-state index contributed by atoms with van der Waals surface area (Å²) >= 11 is 19.8. The van der Waals surface area contributed by atoms with Gasteiger partial charge in [0.25, 0.3) is 0 Å². The van der Waals surface area contributed by atoms with Gasteiger partial charge < -0.3 is 5.73 Å². The molecular weight excluding hydrogens is 457 g/mol. The zero-order valence-corrected chi connectivity index (χ0v) is 20.1. The third kappa shape index (κ3) is 4.96. The van der Waals surface area contributed by atoms with Crippen LogP contribution in [0, 0.1) is 0 Å². The van der Waals surface area contributed by atoms with Crippen molar-refractivity contribution in [2.45, 2.75) is 26.2 Å².